The molecule has 3 aromatic rings. The second-order valence-corrected chi connectivity index (χ2v) is 7.50. The normalized spacial score (nSPS) is 18.5. The number of aromatic nitrogens is 2. The lowest BCUT2D eigenvalue weighted by Gasteiger charge is -2.32. The van der Waals surface area contributed by atoms with Crippen LogP contribution in [0.15, 0.2) is 35.7 Å². The van der Waals surface area contributed by atoms with Crippen LogP contribution in [0.1, 0.15) is 19.8 Å². The highest BCUT2D eigenvalue weighted by Gasteiger charge is 2.21. The molecule has 0 amide bonds. The van der Waals surface area contributed by atoms with Gasteiger partial charge in [0.05, 0.1) is 15.4 Å². The van der Waals surface area contributed by atoms with E-state index >= 15 is 0 Å². The number of anilines is 1. The van der Waals surface area contributed by atoms with Crippen molar-refractivity contribution in [2.75, 3.05) is 18.0 Å². The van der Waals surface area contributed by atoms with Gasteiger partial charge in [-0.3, -0.25) is 0 Å². The zero-order chi connectivity index (χ0) is 15.8. The molecule has 0 saturated carbocycles. The van der Waals surface area contributed by atoms with Gasteiger partial charge >= 0.3 is 0 Å². The molecule has 1 atom stereocenters. The molecular formula is C18H18ClN3S. The lowest BCUT2D eigenvalue weighted by atomic mass is 10.00. The van der Waals surface area contributed by atoms with Crippen LogP contribution in [0.5, 0.6) is 0 Å². The summed E-state index contributed by atoms with van der Waals surface area (Å²) in [6.07, 6.45) is 2.51. The molecule has 0 spiro atoms. The van der Waals surface area contributed by atoms with E-state index in [-0.39, 0.29) is 0 Å². The van der Waals surface area contributed by atoms with Crippen molar-refractivity contribution in [2.24, 2.45) is 5.92 Å². The highest BCUT2D eigenvalue weighted by Crippen LogP contribution is 2.35. The van der Waals surface area contributed by atoms with Gasteiger partial charge in [-0.1, -0.05) is 30.7 Å². The second-order valence-electron chi connectivity index (χ2n) is 6.18. The second kappa shape index (κ2) is 6.10. The van der Waals surface area contributed by atoms with Gasteiger partial charge in [-0.25, -0.2) is 9.97 Å². The van der Waals surface area contributed by atoms with Gasteiger partial charge in [-0.05, 0) is 42.3 Å². The van der Waals surface area contributed by atoms with E-state index in [2.05, 4.69) is 30.0 Å². The highest BCUT2D eigenvalue weighted by atomic mass is 35.5. The monoisotopic (exact) mass is 343 g/mol. The molecule has 0 aliphatic carbocycles. The molecule has 5 heteroatoms. The van der Waals surface area contributed by atoms with Crippen molar-refractivity contribution in [1.82, 2.24) is 9.97 Å². The topological polar surface area (TPSA) is 29.0 Å². The van der Waals surface area contributed by atoms with Crippen molar-refractivity contribution in [3.63, 3.8) is 0 Å². The van der Waals surface area contributed by atoms with Crippen LogP contribution in [0, 0.1) is 5.92 Å². The van der Waals surface area contributed by atoms with Crippen LogP contribution in [0.2, 0.25) is 5.02 Å². The van der Waals surface area contributed by atoms with Crippen molar-refractivity contribution in [3.8, 4) is 10.7 Å². The summed E-state index contributed by atoms with van der Waals surface area (Å²) in [5, 5.41) is 3.83. The summed E-state index contributed by atoms with van der Waals surface area (Å²) in [6.45, 7) is 4.42. The minimum absolute atomic E-state index is 0.700. The van der Waals surface area contributed by atoms with Crippen LogP contribution in [0.25, 0.3) is 21.6 Å². The Bertz CT molecular complexity index is 845. The van der Waals surface area contributed by atoms with Gasteiger partial charge in [0.25, 0.3) is 0 Å². The fraction of sp³-hybridized carbons (Fsp3) is 0.333. The third kappa shape index (κ3) is 2.81. The van der Waals surface area contributed by atoms with E-state index in [0.717, 1.165) is 45.5 Å². The molecule has 0 radical (unpaired) electrons. The molecule has 2 aromatic heterocycles. The summed E-state index contributed by atoms with van der Waals surface area (Å²) >= 11 is 7.90. The van der Waals surface area contributed by atoms with E-state index in [1.54, 1.807) is 11.3 Å². The summed E-state index contributed by atoms with van der Waals surface area (Å²) in [4.78, 5) is 13.0. The number of piperidine rings is 1. The van der Waals surface area contributed by atoms with E-state index in [1.807, 2.05) is 17.5 Å². The van der Waals surface area contributed by atoms with Crippen molar-refractivity contribution in [1.29, 1.82) is 0 Å². The van der Waals surface area contributed by atoms with Gasteiger partial charge in [0.2, 0.25) is 0 Å². The van der Waals surface area contributed by atoms with Crippen molar-refractivity contribution in [2.45, 2.75) is 19.8 Å². The lowest BCUT2D eigenvalue weighted by molar-refractivity contribution is 0.445. The van der Waals surface area contributed by atoms with Crippen LogP contribution in [0.3, 0.4) is 0 Å². The van der Waals surface area contributed by atoms with Crippen molar-refractivity contribution < 1.29 is 0 Å². The Morgan fingerprint density at radius 2 is 2.09 bits per heavy atom. The summed E-state index contributed by atoms with van der Waals surface area (Å²) in [7, 11) is 0. The molecule has 1 aliphatic rings. The maximum absolute atomic E-state index is 6.30. The average Bonchev–Trinajstić information content (AvgIpc) is 3.00. The molecule has 1 fully saturated rings. The predicted molar refractivity (Wildman–Crippen MR) is 98.5 cm³/mol. The van der Waals surface area contributed by atoms with Gasteiger partial charge in [0.1, 0.15) is 5.82 Å². The number of rotatable bonds is 2. The first-order valence-electron chi connectivity index (χ1n) is 7.97. The maximum atomic E-state index is 6.30. The first-order valence-corrected chi connectivity index (χ1v) is 9.23. The molecule has 1 aromatic carbocycles. The number of hydrogen-bond donors (Lipinski definition) is 0. The Morgan fingerprint density at radius 3 is 2.87 bits per heavy atom. The Morgan fingerprint density at radius 1 is 1.22 bits per heavy atom. The van der Waals surface area contributed by atoms with E-state index in [9.17, 15) is 0 Å². The molecule has 4 rings (SSSR count). The Labute approximate surface area is 144 Å². The molecule has 1 saturated heterocycles. The highest BCUT2D eigenvalue weighted by molar-refractivity contribution is 7.14. The summed E-state index contributed by atoms with van der Waals surface area (Å²) < 4.78 is 0. The minimum Gasteiger partial charge on any atom is -0.356 e. The van der Waals surface area contributed by atoms with Crippen LogP contribution >= 0.6 is 22.9 Å². The van der Waals surface area contributed by atoms with Crippen LogP contribution in [0.4, 0.5) is 5.82 Å². The number of fused-ring (bicyclic) bond motifs is 1. The molecule has 1 unspecified atom stereocenters. The number of para-hydroxylation sites is 1. The quantitative estimate of drug-likeness (QED) is 0.636. The summed E-state index contributed by atoms with van der Waals surface area (Å²) in [5.74, 6) is 2.48. The zero-order valence-corrected chi connectivity index (χ0v) is 14.6. The van der Waals surface area contributed by atoms with Crippen LogP contribution < -0.4 is 4.90 Å². The molecular weight excluding hydrogens is 326 g/mol. The van der Waals surface area contributed by atoms with Gasteiger partial charge in [0.15, 0.2) is 5.82 Å². The fourth-order valence-corrected chi connectivity index (χ4v) is 4.31. The van der Waals surface area contributed by atoms with Crippen LogP contribution in [-0.4, -0.2) is 23.1 Å². The van der Waals surface area contributed by atoms with Crippen molar-refractivity contribution in [3.05, 3.63) is 40.7 Å². The lowest BCUT2D eigenvalue weighted by Crippen LogP contribution is -2.35. The Kier molecular flexibility index (Phi) is 3.95. The number of benzene rings is 1. The van der Waals surface area contributed by atoms with Gasteiger partial charge in [-0.2, -0.15) is 0 Å². The zero-order valence-electron chi connectivity index (χ0n) is 13.0. The first-order chi connectivity index (χ1) is 11.2. The molecule has 0 bridgehead atoms. The predicted octanol–water partition coefficient (Wildman–Crippen LogP) is 5.25. The third-order valence-corrected chi connectivity index (χ3v) is 5.70. The van der Waals surface area contributed by atoms with Gasteiger partial charge in [-0.15, -0.1) is 11.3 Å². The van der Waals surface area contributed by atoms with Gasteiger partial charge < -0.3 is 4.90 Å². The number of thiophene rings is 1. The number of hydrogen-bond acceptors (Lipinski definition) is 4. The number of nitrogens with zero attached hydrogens (tertiary/aromatic N) is 3. The Balaban J connectivity index is 1.89. The van der Waals surface area contributed by atoms with E-state index < -0.39 is 0 Å². The summed E-state index contributed by atoms with van der Waals surface area (Å²) in [6, 6.07) is 10.2. The Hall–Kier alpha value is -1.65. The summed E-state index contributed by atoms with van der Waals surface area (Å²) in [5.41, 5.74) is 0.982. The largest absolute Gasteiger partial charge is 0.356 e. The fourth-order valence-electron chi connectivity index (χ4n) is 3.24. The molecule has 3 nitrogen and oxygen atoms in total. The van der Waals surface area contributed by atoms with E-state index in [4.69, 9.17) is 21.6 Å². The standard InChI is InChI=1S/C18H18ClN3S/c1-12-5-4-9-22(11-12)18-13-6-2-3-7-15(13)20-17(21-18)16-14(19)8-10-23-16/h2-3,6-8,10,12H,4-5,9,11H2,1H3. The minimum atomic E-state index is 0.700. The molecule has 23 heavy (non-hydrogen) atoms. The molecule has 0 N–H and O–H groups in total. The third-order valence-electron chi connectivity index (χ3n) is 4.36. The molecule has 1 aliphatic heterocycles. The first kappa shape index (κ1) is 14.9. The molecule has 118 valence electrons. The molecule has 3 heterocycles. The smallest absolute Gasteiger partial charge is 0.173 e. The SMILES string of the molecule is CC1CCCN(c2nc(-c3sccc3Cl)nc3ccccc23)C1. The van der Waals surface area contributed by atoms with E-state index in [1.165, 1.54) is 12.8 Å². The van der Waals surface area contributed by atoms with Gasteiger partial charge in [0, 0.05) is 18.5 Å². The van der Waals surface area contributed by atoms with E-state index in [0.29, 0.717) is 5.92 Å². The maximum Gasteiger partial charge on any atom is 0.173 e. The van der Waals surface area contributed by atoms with Crippen LogP contribution in [-0.2, 0) is 0 Å². The number of halogens is 1. The average molecular weight is 344 g/mol. The van der Waals surface area contributed by atoms with Crippen molar-refractivity contribution >= 4 is 39.7 Å².